The van der Waals surface area contributed by atoms with Gasteiger partial charge in [-0.05, 0) is 43.4 Å². The van der Waals surface area contributed by atoms with Gasteiger partial charge in [-0.2, -0.15) is 0 Å². The van der Waals surface area contributed by atoms with E-state index in [1.54, 1.807) is 7.11 Å². The Kier molecular flexibility index (Phi) is 3.83. The predicted molar refractivity (Wildman–Crippen MR) is 66.6 cm³/mol. The van der Waals surface area contributed by atoms with E-state index in [1.165, 1.54) is 24.8 Å². The summed E-state index contributed by atoms with van der Waals surface area (Å²) in [4.78, 5) is 0. The minimum Gasteiger partial charge on any atom is -0.497 e. The van der Waals surface area contributed by atoms with Crippen LogP contribution in [-0.4, -0.2) is 13.2 Å². The summed E-state index contributed by atoms with van der Waals surface area (Å²) < 4.78 is 5.14. The van der Waals surface area contributed by atoms with Crippen LogP contribution in [0.3, 0.4) is 0 Å². The number of ether oxygens (including phenoxy) is 1. The Morgan fingerprint density at radius 3 is 2.50 bits per heavy atom. The lowest BCUT2D eigenvalue weighted by molar-refractivity contribution is 0.240. The number of hydrogen-bond donors (Lipinski definition) is 1. The number of hydrogen-bond acceptors (Lipinski definition) is 2. The summed E-state index contributed by atoms with van der Waals surface area (Å²) in [6.07, 6.45) is 4.22. The third kappa shape index (κ3) is 2.76. The van der Waals surface area contributed by atoms with Gasteiger partial charge in [0.15, 0.2) is 0 Å². The zero-order valence-corrected chi connectivity index (χ0v) is 10.2. The van der Waals surface area contributed by atoms with Crippen molar-refractivity contribution in [2.24, 2.45) is 5.92 Å². The molecule has 0 spiro atoms. The maximum atomic E-state index is 5.14. The average molecular weight is 219 g/mol. The van der Waals surface area contributed by atoms with Crippen LogP contribution >= 0.6 is 0 Å². The molecule has 16 heavy (non-hydrogen) atoms. The molecule has 0 bridgehead atoms. The number of nitrogens with one attached hydrogen (secondary N) is 1. The molecule has 0 amide bonds. The smallest absolute Gasteiger partial charge is 0.118 e. The van der Waals surface area contributed by atoms with E-state index in [0.29, 0.717) is 6.04 Å². The van der Waals surface area contributed by atoms with E-state index in [4.69, 9.17) is 4.74 Å². The second kappa shape index (κ2) is 5.35. The first-order valence-corrected chi connectivity index (χ1v) is 6.16. The van der Waals surface area contributed by atoms with Crippen LogP contribution < -0.4 is 10.1 Å². The van der Waals surface area contributed by atoms with Gasteiger partial charge >= 0.3 is 0 Å². The van der Waals surface area contributed by atoms with Crippen LogP contribution in [0.4, 0.5) is 0 Å². The highest BCUT2D eigenvalue weighted by Crippen LogP contribution is 2.29. The Bertz CT molecular complexity index is 316. The molecule has 1 N–H and O–H groups in total. The maximum absolute atomic E-state index is 5.14. The zero-order chi connectivity index (χ0) is 11.4. The molecule has 88 valence electrons. The topological polar surface area (TPSA) is 21.3 Å². The lowest BCUT2D eigenvalue weighted by atomic mass is 9.80. The minimum absolute atomic E-state index is 0.649. The molecular formula is C14H21NO. The first kappa shape index (κ1) is 11.5. The van der Waals surface area contributed by atoms with E-state index in [1.807, 2.05) is 12.1 Å². The highest BCUT2D eigenvalue weighted by molar-refractivity contribution is 5.27. The molecule has 1 aliphatic carbocycles. The normalized spacial score (nSPS) is 17.9. The molecule has 2 rings (SSSR count). The summed E-state index contributed by atoms with van der Waals surface area (Å²) in [5.74, 6) is 1.83. The van der Waals surface area contributed by atoms with Gasteiger partial charge in [0.25, 0.3) is 0 Å². The molecule has 1 aromatic rings. The summed E-state index contributed by atoms with van der Waals surface area (Å²) in [5.41, 5.74) is 1.33. The summed E-state index contributed by atoms with van der Waals surface area (Å²) in [5, 5.41) is 3.60. The van der Waals surface area contributed by atoms with Gasteiger partial charge in [0.1, 0.15) is 5.75 Å². The quantitative estimate of drug-likeness (QED) is 0.822. The second-order valence-corrected chi connectivity index (χ2v) is 4.71. The van der Waals surface area contributed by atoms with Crippen molar-refractivity contribution in [2.75, 3.05) is 7.11 Å². The van der Waals surface area contributed by atoms with Crippen molar-refractivity contribution in [3.05, 3.63) is 29.8 Å². The molecule has 1 unspecified atom stereocenters. The molecule has 0 heterocycles. The van der Waals surface area contributed by atoms with Gasteiger partial charge in [-0.15, -0.1) is 0 Å². The molecule has 2 heteroatoms. The molecule has 1 fully saturated rings. The maximum Gasteiger partial charge on any atom is 0.118 e. The highest BCUT2D eigenvalue weighted by Gasteiger charge is 2.23. The fraction of sp³-hybridized carbons (Fsp3) is 0.571. The van der Waals surface area contributed by atoms with Crippen LogP contribution in [0, 0.1) is 5.92 Å². The van der Waals surface area contributed by atoms with Crippen molar-refractivity contribution in [2.45, 2.75) is 38.8 Å². The van der Waals surface area contributed by atoms with Crippen molar-refractivity contribution < 1.29 is 4.74 Å². The van der Waals surface area contributed by atoms with Gasteiger partial charge in [0, 0.05) is 12.6 Å². The molecule has 1 atom stereocenters. The average Bonchev–Trinajstić information content (AvgIpc) is 2.25. The molecule has 2 nitrogen and oxygen atoms in total. The van der Waals surface area contributed by atoms with Gasteiger partial charge in [0.2, 0.25) is 0 Å². The van der Waals surface area contributed by atoms with Crippen LogP contribution in [0.5, 0.6) is 5.75 Å². The molecule has 1 saturated carbocycles. The first-order valence-electron chi connectivity index (χ1n) is 6.16. The van der Waals surface area contributed by atoms with Crippen molar-refractivity contribution in [1.82, 2.24) is 5.32 Å². The van der Waals surface area contributed by atoms with Gasteiger partial charge in [-0.25, -0.2) is 0 Å². The van der Waals surface area contributed by atoms with Crippen LogP contribution in [0.1, 0.15) is 31.7 Å². The molecule has 1 aromatic carbocycles. The minimum atomic E-state index is 0.649. The summed E-state index contributed by atoms with van der Waals surface area (Å²) in [7, 11) is 1.70. The van der Waals surface area contributed by atoms with Crippen molar-refractivity contribution in [3.8, 4) is 5.75 Å². The third-order valence-electron chi connectivity index (χ3n) is 3.64. The fourth-order valence-corrected chi connectivity index (χ4v) is 2.13. The SMILES string of the molecule is COc1ccc(CNC(C)C2CCC2)cc1. The Hall–Kier alpha value is -1.02. The lowest BCUT2D eigenvalue weighted by Gasteiger charge is -2.32. The van der Waals surface area contributed by atoms with Crippen molar-refractivity contribution >= 4 is 0 Å². The number of benzene rings is 1. The highest BCUT2D eigenvalue weighted by atomic mass is 16.5. The van der Waals surface area contributed by atoms with Crippen LogP contribution in [-0.2, 0) is 6.54 Å². The Morgan fingerprint density at radius 1 is 1.31 bits per heavy atom. The summed E-state index contributed by atoms with van der Waals surface area (Å²) >= 11 is 0. The monoisotopic (exact) mass is 219 g/mol. The molecule has 0 radical (unpaired) electrons. The van der Waals surface area contributed by atoms with Gasteiger partial charge in [-0.1, -0.05) is 18.6 Å². The Labute approximate surface area is 98.0 Å². The van der Waals surface area contributed by atoms with Gasteiger partial charge in [0.05, 0.1) is 7.11 Å². The van der Waals surface area contributed by atoms with Crippen LogP contribution in [0.2, 0.25) is 0 Å². The van der Waals surface area contributed by atoms with E-state index >= 15 is 0 Å². The first-order chi connectivity index (χ1) is 7.79. The standard InChI is InChI=1S/C14H21NO/c1-11(13-4-3-5-13)15-10-12-6-8-14(16-2)9-7-12/h6-9,11,13,15H,3-5,10H2,1-2H3. The zero-order valence-electron chi connectivity index (χ0n) is 10.2. The van der Waals surface area contributed by atoms with Crippen molar-refractivity contribution in [1.29, 1.82) is 0 Å². The molecule has 1 aliphatic rings. The Morgan fingerprint density at radius 2 is 2.00 bits per heavy atom. The van der Waals surface area contributed by atoms with E-state index in [9.17, 15) is 0 Å². The van der Waals surface area contributed by atoms with E-state index in [2.05, 4.69) is 24.4 Å². The summed E-state index contributed by atoms with van der Waals surface area (Å²) in [6, 6.07) is 8.94. The largest absolute Gasteiger partial charge is 0.497 e. The third-order valence-corrected chi connectivity index (χ3v) is 3.64. The van der Waals surface area contributed by atoms with E-state index < -0.39 is 0 Å². The Balaban J connectivity index is 1.79. The number of rotatable bonds is 5. The van der Waals surface area contributed by atoms with E-state index in [0.717, 1.165) is 18.2 Å². The number of methoxy groups -OCH3 is 1. The molecule has 0 aliphatic heterocycles. The van der Waals surface area contributed by atoms with Crippen molar-refractivity contribution in [3.63, 3.8) is 0 Å². The molecular weight excluding hydrogens is 198 g/mol. The molecule has 0 saturated heterocycles. The van der Waals surface area contributed by atoms with Crippen LogP contribution in [0.15, 0.2) is 24.3 Å². The lowest BCUT2D eigenvalue weighted by Crippen LogP contribution is -2.36. The van der Waals surface area contributed by atoms with Gasteiger partial charge in [-0.3, -0.25) is 0 Å². The second-order valence-electron chi connectivity index (χ2n) is 4.71. The van der Waals surface area contributed by atoms with Crippen LogP contribution in [0.25, 0.3) is 0 Å². The summed E-state index contributed by atoms with van der Waals surface area (Å²) in [6.45, 7) is 3.26. The van der Waals surface area contributed by atoms with Gasteiger partial charge < -0.3 is 10.1 Å². The molecule has 0 aromatic heterocycles. The predicted octanol–water partition coefficient (Wildman–Crippen LogP) is 2.97. The van der Waals surface area contributed by atoms with E-state index in [-0.39, 0.29) is 0 Å². The fourth-order valence-electron chi connectivity index (χ4n) is 2.13.